The van der Waals surface area contributed by atoms with E-state index in [0.29, 0.717) is 17.6 Å². The Labute approximate surface area is 125 Å². The molecular formula is C14H23ClN4O. The number of nitrogens with zero attached hydrogens (tertiary/aromatic N) is 2. The number of urea groups is 1. The maximum absolute atomic E-state index is 11.7. The van der Waals surface area contributed by atoms with Crippen LogP contribution in [0.5, 0.6) is 0 Å². The topological polar surface area (TPSA) is 59.0 Å². The highest BCUT2D eigenvalue weighted by molar-refractivity contribution is 6.31. The predicted octanol–water partition coefficient (Wildman–Crippen LogP) is 2.87. The lowest BCUT2D eigenvalue weighted by atomic mass is 9.96. The summed E-state index contributed by atoms with van der Waals surface area (Å²) in [5.41, 5.74) is 0.842. The van der Waals surface area contributed by atoms with Crippen molar-refractivity contribution in [3.8, 4) is 0 Å². The normalized spacial score (nSPS) is 16.1. The summed E-state index contributed by atoms with van der Waals surface area (Å²) < 4.78 is 1.82. The first-order valence-corrected chi connectivity index (χ1v) is 7.77. The summed E-state index contributed by atoms with van der Waals surface area (Å²) >= 11 is 5.94. The molecule has 20 heavy (non-hydrogen) atoms. The summed E-state index contributed by atoms with van der Waals surface area (Å²) in [5.74, 6) is 0. The van der Waals surface area contributed by atoms with Crippen molar-refractivity contribution < 1.29 is 4.79 Å². The summed E-state index contributed by atoms with van der Waals surface area (Å²) in [7, 11) is 0. The second kappa shape index (κ2) is 7.53. The molecule has 0 aromatic carbocycles. The van der Waals surface area contributed by atoms with Crippen LogP contribution in [0.4, 0.5) is 4.79 Å². The quantitative estimate of drug-likeness (QED) is 0.821. The van der Waals surface area contributed by atoms with Crippen molar-refractivity contribution in [1.29, 1.82) is 0 Å². The fourth-order valence-corrected chi connectivity index (χ4v) is 2.68. The molecule has 1 aromatic rings. The van der Waals surface area contributed by atoms with Crippen LogP contribution < -0.4 is 10.6 Å². The van der Waals surface area contributed by atoms with Crippen LogP contribution in [-0.2, 0) is 6.54 Å². The molecule has 1 aromatic heterocycles. The molecule has 0 unspecified atom stereocenters. The molecule has 1 aliphatic rings. The van der Waals surface area contributed by atoms with E-state index in [4.69, 9.17) is 11.6 Å². The van der Waals surface area contributed by atoms with Gasteiger partial charge in [0, 0.05) is 25.3 Å². The summed E-state index contributed by atoms with van der Waals surface area (Å²) in [6, 6.07) is 0.308. The predicted molar refractivity (Wildman–Crippen MR) is 80.0 cm³/mol. The van der Waals surface area contributed by atoms with E-state index in [2.05, 4.69) is 15.7 Å². The number of aryl methyl sites for hydroxylation is 2. The van der Waals surface area contributed by atoms with E-state index in [0.717, 1.165) is 31.5 Å². The van der Waals surface area contributed by atoms with Crippen molar-refractivity contribution in [3.63, 3.8) is 0 Å². The van der Waals surface area contributed by atoms with E-state index in [1.807, 2.05) is 17.8 Å². The number of carbonyl (C=O) groups excluding carboxylic acids is 1. The van der Waals surface area contributed by atoms with Gasteiger partial charge in [-0.05, 0) is 26.2 Å². The van der Waals surface area contributed by atoms with E-state index in [1.54, 1.807) is 0 Å². The van der Waals surface area contributed by atoms with Crippen LogP contribution in [0.1, 0.15) is 44.2 Å². The largest absolute Gasteiger partial charge is 0.338 e. The third-order valence-corrected chi connectivity index (χ3v) is 4.05. The van der Waals surface area contributed by atoms with Crippen LogP contribution in [0.25, 0.3) is 0 Å². The lowest BCUT2D eigenvalue weighted by Gasteiger charge is -2.22. The Morgan fingerprint density at radius 3 is 2.85 bits per heavy atom. The molecule has 0 atom stereocenters. The summed E-state index contributed by atoms with van der Waals surface area (Å²) in [6.07, 6.45) is 8.63. The lowest BCUT2D eigenvalue weighted by Crippen LogP contribution is -2.43. The van der Waals surface area contributed by atoms with Gasteiger partial charge < -0.3 is 10.6 Å². The molecule has 6 heteroatoms. The Bertz CT molecular complexity index is 421. The molecule has 0 aliphatic heterocycles. The number of nitrogens with one attached hydrogen (secondary N) is 2. The molecule has 1 heterocycles. The van der Waals surface area contributed by atoms with E-state index < -0.39 is 0 Å². The van der Waals surface area contributed by atoms with E-state index >= 15 is 0 Å². The number of halogens is 1. The van der Waals surface area contributed by atoms with Crippen molar-refractivity contribution in [1.82, 2.24) is 20.4 Å². The third-order valence-electron chi connectivity index (χ3n) is 3.68. The number of aromatic nitrogens is 2. The molecule has 0 bridgehead atoms. The minimum Gasteiger partial charge on any atom is -0.338 e. The van der Waals surface area contributed by atoms with Gasteiger partial charge in [-0.2, -0.15) is 5.10 Å². The first-order chi connectivity index (χ1) is 9.65. The van der Waals surface area contributed by atoms with Crippen molar-refractivity contribution >= 4 is 17.6 Å². The van der Waals surface area contributed by atoms with E-state index in [9.17, 15) is 4.79 Å². The molecule has 2 N–H and O–H groups in total. The van der Waals surface area contributed by atoms with Crippen molar-refractivity contribution in [2.24, 2.45) is 0 Å². The molecule has 112 valence electrons. The monoisotopic (exact) mass is 298 g/mol. The van der Waals surface area contributed by atoms with Crippen molar-refractivity contribution in [2.75, 3.05) is 6.54 Å². The zero-order chi connectivity index (χ0) is 14.4. The van der Waals surface area contributed by atoms with Gasteiger partial charge in [0.15, 0.2) is 0 Å². The van der Waals surface area contributed by atoms with Crippen LogP contribution in [-0.4, -0.2) is 28.4 Å². The Morgan fingerprint density at radius 1 is 1.45 bits per heavy atom. The standard InChI is InChI=1S/C14H23ClN4O/c1-11-13(15)10-19(18-11)9-5-8-16-14(20)17-12-6-3-2-4-7-12/h10,12H,2-9H2,1H3,(H2,16,17,20). The first-order valence-electron chi connectivity index (χ1n) is 7.39. The summed E-state index contributed by atoms with van der Waals surface area (Å²) in [5, 5.41) is 10.9. The van der Waals surface area contributed by atoms with Gasteiger partial charge in [-0.25, -0.2) is 4.79 Å². The Morgan fingerprint density at radius 2 is 2.20 bits per heavy atom. The zero-order valence-corrected chi connectivity index (χ0v) is 12.7. The minimum absolute atomic E-state index is 0.0495. The highest BCUT2D eigenvalue weighted by atomic mass is 35.5. The minimum atomic E-state index is -0.0495. The second-order valence-corrected chi connectivity index (χ2v) is 5.82. The maximum atomic E-state index is 11.7. The summed E-state index contributed by atoms with van der Waals surface area (Å²) in [6.45, 7) is 3.29. The smallest absolute Gasteiger partial charge is 0.315 e. The van der Waals surface area contributed by atoms with Gasteiger partial charge in [-0.1, -0.05) is 30.9 Å². The van der Waals surface area contributed by atoms with Gasteiger partial charge in [0.25, 0.3) is 0 Å². The van der Waals surface area contributed by atoms with Crippen LogP contribution in [0, 0.1) is 6.92 Å². The molecule has 1 aliphatic carbocycles. The van der Waals surface area contributed by atoms with Gasteiger partial charge in [-0.15, -0.1) is 0 Å². The molecule has 1 fully saturated rings. The van der Waals surface area contributed by atoms with Crippen LogP contribution >= 0.6 is 11.6 Å². The Balaban J connectivity index is 1.59. The van der Waals surface area contributed by atoms with E-state index in [1.165, 1.54) is 19.3 Å². The molecule has 2 amide bonds. The van der Waals surface area contributed by atoms with Gasteiger partial charge in [0.1, 0.15) is 0 Å². The lowest BCUT2D eigenvalue weighted by molar-refractivity contribution is 0.232. The number of amides is 2. The van der Waals surface area contributed by atoms with E-state index in [-0.39, 0.29) is 6.03 Å². The highest BCUT2D eigenvalue weighted by Gasteiger charge is 2.14. The number of carbonyl (C=O) groups is 1. The fourth-order valence-electron chi connectivity index (χ4n) is 2.53. The molecular weight excluding hydrogens is 276 g/mol. The average molecular weight is 299 g/mol. The molecule has 1 saturated carbocycles. The van der Waals surface area contributed by atoms with Crippen LogP contribution in [0.2, 0.25) is 5.02 Å². The van der Waals surface area contributed by atoms with Crippen molar-refractivity contribution in [2.45, 2.75) is 58.0 Å². The van der Waals surface area contributed by atoms with Gasteiger partial charge in [-0.3, -0.25) is 4.68 Å². The van der Waals surface area contributed by atoms with Crippen molar-refractivity contribution in [3.05, 3.63) is 16.9 Å². The maximum Gasteiger partial charge on any atom is 0.315 e. The van der Waals surface area contributed by atoms with Crippen LogP contribution in [0.3, 0.4) is 0 Å². The molecule has 2 rings (SSSR count). The number of rotatable bonds is 5. The number of hydrogen-bond acceptors (Lipinski definition) is 2. The molecule has 0 spiro atoms. The van der Waals surface area contributed by atoms with Gasteiger partial charge in [0.05, 0.1) is 10.7 Å². The average Bonchev–Trinajstić information content (AvgIpc) is 2.75. The van der Waals surface area contributed by atoms with Gasteiger partial charge >= 0.3 is 6.03 Å². The molecule has 5 nitrogen and oxygen atoms in total. The van der Waals surface area contributed by atoms with Crippen LogP contribution in [0.15, 0.2) is 6.20 Å². The van der Waals surface area contributed by atoms with Gasteiger partial charge in [0.2, 0.25) is 0 Å². The molecule has 0 saturated heterocycles. The molecule has 0 radical (unpaired) electrons. The Kier molecular flexibility index (Phi) is 5.71. The highest BCUT2D eigenvalue weighted by Crippen LogP contribution is 2.17. The third kappa shape index (κ3) is 4.71. The zero-order valence-electron chi connectivity index (χ0n) is 12.0. The fraction of sp³-hybridized carbons (Fsp3) is 0.714. The Hall–Kier alpha value is -1.23. The summed E-state index contributed by atoms with van der Waals surface area (Å²) in [4.78, 5) is 11.7. The SMILES string of the molecule is Cc1nn(CCCNC(=O)NC2CCCCC2)cc1Cl. The first kappa shape index (κ1) is 15.2. The second-order valence-electron chi connectivity index (χ2n) is 5.41. The number of hydrogen-bond donors (Lipinski definition) is 2.